The number of nitrogens with one attached hydrogen (secondary N) is 1. The van der Waals surface area contributed by atoms with Crippen molar-refractivity contribution >= 4 is 51.8 Å². The van der Waals surface area contributed by atoms with Gasteiger partial charge in [0.25, 0.3) is 0 Å². The summed E-state index contributed by atoms with van der Waals surface area (Å²) in [6, 6.07) is 10.5. The summed E-state index contributed by atoms with van der Waals surface area (Å²) < 4.78 is 11.2. The fraction of sp³-hybridized carbons (Fsp3) is 0.158. The van der Waals surface area contributed by atoms with Crippen molar-refractivity contribution < 1.29 is 14.3 Å². The maximum atomic E-state index is 11.9. The van der Waals surface area contributed by atoms with Gasteiger partial charge in [0.05, 0.1) is 19.7 Å². The molecule has 0 fully saturated rings. The molecule has 8 nitrogen and oxygen atoms in total. The van der Waals surface area contributed by atoms with Gasteiger partial charge in [-0.15, -0.1) is 10.2 Å². The fourth-order valence-electron chi connectivity index (χ4n) is 2.37. The molecule has 3 N–H and O–H groups in total. The first-order chi connectivity index (χ1) is 14.4. The molecule has 0 radical (unpaired) electrons. The van der Waals surface area contributed by atoms with Crippen LogP contribution < -0.4 is 20.6 Å². The van der Waals surface area contributed by atoms with Crippen LogP contribution >= 0.6 is 34.5 Å². The molecule has 0 aliphatic carbocycles. The molecule has 1 aromatic heterocycles. The van der Waals surface area contributed by atoms with Gasteiger partial charge in [-0.3, -0.25) is 4.79 Å². The minimum atomic E-state index is -0.325. The molecule has 0 saturated heterocycles. The lowest BCUT2D eigenvalue weighted by Gasteiger charge is -2.12. The molecule has 0 aliphatic rings. The largest absolute Gasteiger partial charge is 0.493 e. The predicted molar refractivity (Wildman–Crippen MR) is 118 cm³/mol. The van der Waals surface area contributed by atoms with Crippen LogP contribution in [-0.2, 0) is 17.8 Å². The number of carbonyl (C=O) groups excluding carboxylic acids is 1. The lowest BCUT2D eigenvalue weighted by atomic mass is 10.2. The van der Waals surface area contributed by atoms with Crippen molar-refractivity contribution in [3.63, 3.8) is 0 Å². The highest BCUT2D eigenvalue weighted by Gasteiger charge is 2.09. The monoisotopic (exact) mass is 465 g/mol. The Balaban J connectivity index is 1.59. The van der Waals surface area contributed by atoms with E-state index in [4.69, 9.17) is 38.4 Å². The number of nitrogen functional groups attached to an aromatic ring is 1. The van der Waals surface area contributed by atoms with Crippen LogP contribution in [0.1, 0.15) is 16.1 Å². The number of amides is 1. The van der Waals surface area contributed by atoms with Gasteiger partial charge in [0.2, 0.25) is 11.0 Å². The van der Waals surface area contributed by atoms with Crippen LogP contribution in [0.25, 0.3) is 0 Å². The zero-order valence-corrected chi connectivity index (χ0v) is 18.1. The summed E-state index contributed by atoms with van der Waals surface area (Å²) in [4.78, 5) is 11.9. The number of rotatable bonds is 8. The summed E-state index contributed by atoms with van der Waals surface area (Å²) in [5, 5.41) is 13.3. The Bertz CT molecular complexity index is 1070. The van der Waals surface area contributed by atoms with Gasteiger partial charge in [-0.2, -0.15) is 5.10 Å². The van der Waals surface area contributed by atoms with E-state index in [0.717, 1.165) is 16.9 Å². The summed E-state index contributed by atoms with van der Waals surface area (Å²) in [6.07, 6.45) is 1.55. The molecule has 0 bridgehead atoms. The van der Waals surface area contributed by atoms with Gasteiger partial charge < -0.3 is 15.2 Å². The number of hydrogen-bond acceptors (Lipinski definition) is 8. The van der Waals surface area contributed by atoms with Crippen LogP contribution in [0, 0.1) is 0 Å². The normalized spacial score (nSPS) is 10.9. The summed E-state index contributed by atoms with van der Waals surface area (Å²) in [6.45, 7) is 0.256. The minimum absolute atomic E-state index is 0.0512. The number of benzene rings is 2. The molecule has 1 heterocycles. The van der Waals surface area contributed by atoms with Gasteiger partial charge in [-0.1, -0.05) is 40.6 Å². The lowest BCUT2D eigenvalue weighted by molar-refractivity contribution is -0.120. The lowest BCUT2D eigenvalue weighted by Crippen LogP contribution is -2.19. The molecule has 3 rings (SSSR count). The highest BCUT2D eigenvalue weighted by molar-refractivity contribution is 7.15. The molecular formula is C19H17Cl2N5O3S. The molecule has 1 amide bonds. The molecule has 156 valence electrons. The molecule has 2 aromatic carbocycles. The van der Waals surface area contributed by atoms with Gasteiger partial charge in [-0.25, -0.2) is 5.43 Å². The molecule has 0 aliphatic heterocycles. The average Bonchev–Trinajstić information content (AvgIpc) is 3.12. The third-order valence-electron chi connectivity index (χ3n) is 3.78. The van der Waals surface area contributed by atoms with Crippen molar-refractivity contribution in [3.05, 3.63) is 62.6 Å². The van der Waals surface area contributed by atoms with E-state index in [9.17, 15) is 4.79 Å². The van der Waals surface area contributed by atoms with E-state index in [-0.39, 0.29) is 18.9 Å². The summed E-state index contributed by atoms with van der Waals surface area (Å²) in [5.41, 5.74) is 9.43. The molecule has 0 atom stereocenters. The standard InChI is InChI=1S/C19H17Cl2N5O3S/c1-28-16-6-11(9-23-24-17(27)8-18-25-26-19(22)30-18)2-5-15(16)29-10-12-3-4-13(20)7-14(12)21/h2-7,9H,8,10H2,1H3,(H2,22,26)(H,24,27). The summed E-state index contributed by atoms with van der Waals surface area (Å²) in [7, 11) is 1.54. The Morgan fingerprint density at radius 2 is 2.07 bits per heavy atom. The third-order valence-corrected chi connectivity index (χ3v) is 5.12. The number of nitrogens with zero attached hydrogens (tertiary/aromatic N) is 3. The number of nitrogens with two attached hydrogens (primary N) is 1. The van der Waals surface area contributed by atoms with E-state index in [1.165, 1.54) is 13.3 Å². The van der Waals surface area contributed by atoms with Crippen LogP contribution in [0.4, 0.5) is 5.13 Å². The second kappa shape index (κ2) is 10.2. The second-order valence-electron chi connectivity index (χ2n) is 5.94. The van der Waals surface area contributed by atoms with E-state index < -0.39 is 0 Å². The van der Waals surface area contributed by atoms with Gasteiger partial charge in [0, 0.05) is 15.6 Å². The summed E-state index contributed by atoms with van der Waals surface area (Å²) >= 11 is 13.2. The van der Waals surface area contributed by atoms with E-state index in [1.54, 1.807) is 36.4 Å². The molecule has 0 saturated carbocycles. The van der Waals surface area contributed by atoms with Crippen LogP contribution in [0.15, 0.2) is 41.5 Å². The van der Waals surface area contributed by atoms with Crippen LogP contribution in [0.5, 0.6) is 11.5 Å². The zero-order valence-electron chi connectivity index (χ0n) is 15.8. The highest BCUT2D eigenvalue weighted by atomic mass is 35.5. The van der Waals surface area contributed by atoms with Crippen LogP contribution in [0.3, 0.4) is 0 Å². The molecular weight excluding hydrogens is 449 g/mol. The molecule has 0 unspecified atom stereocenters. The molecule has 11 heteroatoms. The van der Waals surface area contributed by atoms with Crippen molar-refractivity contribution in [2.45, 2.75) is 13.0 Å². The molecule has 0 spiro atoms. The Labute approximate surface area is 186 Å². The smallest absolute Gasteiger partial charge is 0.247 e. The minimum Gasteiger partial charge on any atom is -0.493 e. The first-order valence-corrected chi connectivity index (χ1v) is 10.2. The Morgan fingerprint density at radius 1 is 1.23 bits per heavy atom. The fourth-order valence-corrected chi connectivity index (χ4v) is 3.44. The zero-order chi connectivity index (χ0) is 21.5. The van der Waals surface area contributed by atoms with Crippen molar-refractivity contribution in [2.24, 2.45) is 5.10 Å². The maximum absolute atomic E-state index is 11.9. The van der Waals surface area contributed by atoms with E-state index in [0.29, 0.717) is 37.2 Å². The second-order valence-corrected chi connectivity index (χ2v) is 7.88. The van der Waals surface area contributed by atoms with E-state index in [1.807, 2.05) is 0 Å². The van der Waals surface area contributed by atoms with Crippen LogP contribution in [0.2, 0.25) is 10.0 Å². The van der Waals surface area contributed by atoms with E-state index in [2.05, 4.69) is 20.7 Å². The van der Waals surface area contributed by atoms with E-state index >= 15 is 0 Å². The predicted octanol–water partition coefficient (Wildman–Crippen LogP) is 3.71. The number of ether oxygens (including phenoxy) is 2. The van der Waals surface area contributed by atoms with Crippen molar-refractivity contribution in [3.8, 4) is 11.5 Å². The SMILES string of the molecule is COc1cc(C=NNC(=O)Cc2nnc(N)s2)ccc1OCc1ccc(Cl)cc1Cl. The maximum Gasteiger partial charge on any atom is 0.247 e. The number of carbonyl (C=O) groups is 1. The number of anilines is 1. The first-order valence-electron chi connectivity index (χ1n) is 8.59. The Kier molecular flexibility index (Phi) is 7.45. The number of methoxy groups -OCH3 is 1. The Hall–Kier alpha value is -2.88. The Morgan fingerprint density at radius 3 is 2.77 bits per heavy atom. The van der Waals surface area contributed by atoms with Gasteiger partial charge in [0.15, 0.2) is 11.5 Å². The van der Waals surface area contributed by atoms with Gasteiger partial charge in [0.1, 0.15) is 11.6 Å². The third kappa shape index (κ3) is 6.06. The average molecular weight is 466 g/mol. The highest BCUT2D eigenvalue weighted by Crippen LogP contribution is 2.29. The number of halogens is 2. The molecule has 3 aromatic rings. The van der Waals surface area contributed by atoms with Crippen LogP contribution in [-0.4, -0.2) is 29.4 Å². The quantitative estimate of drug-likeness (QED) is 0.387. The first kappa shape index (κ1) is 21.8. The number of hydrazone groups is 1. The van der Waals surface area contributed by atoms with Crippen molar-refractivity contribution in [1.29, 1.82) is 0 Å². The van der Waals surface area contributed by atoms with Crippen molar-refractivity contribution in [1.82, 2.24) is 15.6 Å². The number of hydrogen-bond donors (Lipinski definition) is 2. The topological polar surface area (TPSA) is 112 Å². The van der Waals surface area contributed by atoms with Gasteiger partial charge in [-0.05, 0) is 35.9 Å². The van der Waals surface area contributed by atoms with Crippen molar-refractivity contribution in [2.75, 3.05) is 12.8 Å². The summed E-state index contributed by atoms with van der Waals surface area (Å²) in [5.74, 6) is 0.729. The molecule has 30 heavy (non-hydrogen) atoms. The number of aromatic nitrogens is 2. The van der Waals surface area contributed by atoms with Gasteiger partial charge >= 0.3 is 0 Å².